The minimum atomic E-state index is -0.101. The fraction of sp³-hybridized carbons (Fsp3) is 0.250. The van der Waals surface area contributed by atoms with E-state index in [2.05, 4.69) is 10.1 Å². The molecule has 0 aliphatic heterocycles. The summed E-state index contributed by atoms with van der Waals surface area (Å²) in [6.45, 7) is -0.101. The van der Waals surface area contributed by atoms with Crippen molar-refractivity contribution in [1.82, 2.24) is 14.8 Å². The molecule has 0 atom stereocenters. The maximum Gasteiger partial charge on any atom is 0.158 e. The van der Waals surface area contributed by atoms with Crippen molar-refractivity contribution in [3.05, 3.63) is 23.0 Å². The first kappa shape index (κ1) is 8.47. The number of fused-ring (bicyclic) bond motifs is 1. The van der Waals surface area contributed by atoms with E-state index in [0.717, 1.165) is 11.0 Å². The predicted molar refractivity (Wildman–Crippen MR) is 49.4 cm³/mol. The average Bonchev–Trinajstić information content (AvgIpc) is 2.50. The summed E-state index contributed by atoms with van der Waals surface area (Å²) in [4.78, 5) is 4.13. The van der Waals surface area contributed by atoms with Gasteiger partial charge in [0.15, 0.2) is 5.65 Å². The van der Waals surface area contributed by atoms with Crippen molar-refractivity contribution in [3.8, 4) is 0 Å². The number of aliphatic hydroxyl groups excluding tert-OH is 1. The van der Waals surface area contributed by atoms with Gasteiger partial charge in [0.1, 0.15) is 0 Å². The fourth-order valence-corrected chi connectivity index (χ4v) is 1.46. The summed E-state index contributed by atoms with van der Waals surface area (Å²) in [5.41, 5.74) is 1.35. The highest BCUT2D eigenvalue weighted by Crippen LogP contribution is 2.24. The molecule has 0 aliphatic carbocycles. The number of aliphatic hydroxyl groups is 1. The second-order valence-electron chi connectivity index (χ2n) is 2.76. The first-order valence-electron chi connectivity index (χ1n) is 3.80. The summed E-state index contributed by atoms with van der Waals surface area (Å²) in [7, 11) is 1.80. The highest BCUT2D eigenvalue weighted by molar-refractivity contribution is 6.35. The summed E-state index contributed by atoms with van der Waals surface area (Å²) >= 11 is 6.00. The second kappa shape index (κ2) is 2.97. The number of hydrogen-bond donors (Lipinski definition) is 1. The van der Waals surface area contributed by atoms with E-state index in [1.54, 1.807) is 24.1 Å². The molecule has 2 heterocycles. The molecule has 1 N–H and O–H groups in total. The van der Waals surface area contributed by atoms with Crippen molar-refractivity contribution >= 4 is 22.6 Å². The van der Waals surface area contributed by atoms with Crippen LogP contribution in [0.2, 0.25) is 5.02 Å². The van der Waals surface area contributed by atoms with Gasteiger partial charge in [0.25, 0.3) is 0 Å². The Morgan fingerprint density at radius 3 is 3.00 bits per heavy atom. The summed E-state index contributed by atoms with van der Waals surface area (Å²) in [6, 6.07) is 0. The van der Waals surface area contributed by atoms with Crippen molar-refractivity contribution in [2.75, 3.05) is 0 Å². The fourth-order valence-electron chi connectivity index (χ4n) is 1.22. The standard InChI is InChI=1S/C8H8ClN3O/c1-12-8-6(3-11-12)7(9)5(4-13)2-10-8/h2-3,13H,4H2,1H3. The molecule has 5 heteroatoms. The SMILES string of the molecule is Cn1ncc2c(Cl)c(CO)cnc21. The van der Waals surface area contributed by atoms with Crippen LogP contribution in [-0.4, -0.2) is 19.9 Å². The summed E-state index contributed by atoms with van der Waals surface area (Å²) in [6.07, 6.45) is 3.20. The van der Waals surface area contributed by atoms with Crippen LogP contribution in [-0.2, 0) is 13.7 Å². The van der Waals surface area contributed by atoms with Crippen LogP contribution in [0.25, 0.3) is 11.0 Å². The molecule has 13 heavy (non-hydrogen) atoms. The zero-order chi connectivity index (χ0) is 9.42. The topological polar surface area (TPSA) is 50.9 Å². The Hall–Kier alpha value is -1.13. The Kier molecular flexibility index (Phi) is 1.94. The summed E-state index contributed by atoms with van der Waals surface area (Å²) in [5.74, 6) is 0. The van der Waals surface area contributed by atoms with Crippen LogP contribution in [0.3, 0.4) is 0 Å². The van der Waals surface area contributed by atoms with Crippen LogP contribution < -0.4 is 0 Å². The molecule has 0 aliphatic rings. The largest absolute Gasteiger partial charge is 0.392 e. The Labute approximate surface area is 79.8 Å². The zero-order valence-corrected chi connectivity index (χ0v) is 7.78. The number of aryl methyl sites for hydroxylation is 1. The number of hydrogen-bond acceptors (Lipinski definition) is 3. The van der Waals surface area contributed by atoms with E-state index in [1.807, 2.05) is 0 Å². The van der Waals surface area contributed by atoms with Gasteiger partial charge in [-0.15, -0.1) is 0 Å². The average molecular weight is 198 g/mol. The number of rotatable bonds is 1. The lowest BCUT2D eigenvalue weighted by molar-refractivity contribution is 0.281. The molecule has 0 unspecified atom stereocenters. The van der Waals surface area contributed by atoms with Gasteiger partial charge in [-0.1, -0.05) is 11.6 Å². The molecule has 0 fully saturated rings. The third-order valence-electron chi connectivity index (χ3n) is 1.94. The Balaban J connectivity index is 2.80. The minimum absolute atomic E-state index is 0.101. The van der Waals surface area contributed by atoms with E-state index >= 15 is 0 Å². The maximum absolute atomic E-state index is 8.93. The molecule has 68 valence electrons. The van der Waals surface area contributed by atoms with Crippen LogP contribution in [0.5, 0.6) is 0 Å². The number of aromatic nitrogens is 3. The van der Waals surface area contributed by atoms with Gasteiger partial charge in [-0.05, 0) is 0 Å². The van der Waals surface area contributed by atoms with Gasteiger partial charge >= 0.3 is 0 Å². The third kappa shape index (κ3) is 1.18. The van der Waals surface area contributed by atoms with E-state index in [-0.39, 0.29) is 6.61 Å². The van der Waals surface area contributed by atoms with Gasteiger partial charge in [-0.25, -0.2) is 4.98 Å². The highest BCUT2D eigenvalue weighted by atomic mass is 35.5. The second-order valence-corrected chi connectivity index (χ2v) is 3.14. The van der Waals surface area contributed by atoms with Crippen molar-refractivity contribution in [3.63, 3.8) is 0 Å². The monoisotopic (exact) mass is 197 g/mol. The highest BCUT2D eigenvalue weighted by Gasteiger charge is 2.08. The molecule has 0 spiro atoms. The summed E-state index contributed by atoms with van der Waals surface area (Å²) in [5, 5.41) is 14.3. The van der Waals surface area contributed by atoms with Crippen LogP contribution in [0, 0.1) is 0 Å². The Morgan fingerprint density at radius 2 is 2.31 bits per heavy atom. The molecule has 2 rings (SSSR count). The van der Waals surface area contributed by atoms with Crippen molar-refractivity contribution in [2.24, 2.45) is 7.05 Å². The van der Waals surface area contributed by atoms with E-state index < -0.39 is 0 Å². The lowest BCUT2D eigenvalue weighted by Crippen LogP contribution is -1.93. The third-order valence-corrected chi connectivity index (χ3v) is 2.39. The number of halogens is 1. The first-order valence-corrected chi connectivity index (χ1v) is 4.17. The van der Waals surface area contributed by atoms with Gasteiger partial charge in [-0.2, -0.15) is 5.10 Å². The Bertz CT molecular complexity index is 452. The number of nitrogens with zero attached hydrogens (tertiary/aromatic N) is 3. The van der Waals surface area contributed by atoms with Crippen molar-refractivity contribution in [1.29, 1.82) is 0 Å². The van der Waals surface area contributed by atoms with Gasteiger partial charge in [-0.3, -0.25) is 4.68 Å². The molecule has 0 aromatic carbocycles. The van der Waals surface area contributed by atoms with Crippen molar-refractivity contribution in [2.45, 2.75) is 6.61 Å². The van der Waals surface area contributed by atoms with Gasteiger partial charge in [0.2, 0.25) is 0 Å². The van der Waals surface area contributed by atoms with Crippen LogP contribution in [0.15, 0.2) is 12.4 Å². The van der Waals surface area contributed by atoms with E-state index in [9.17, 15) is 0 Å². The minimum Gasteiger partial charge on any atom is -0.392 e. The van der Waals surface area contributed by atoms with Crippen LogP contribution >= 0.6 is 11.6 Å². The van der Waals surface area contributed by atoms with E-state index in [0.29, 0.717) is 10.6 Å². The normalized spacial score (nSPS) is 11.0. The molecular weight excluding hydrogens is 190 g/mol. The van der Waals surface area contributed by atoms with Gasteiger partial charge < -0.3 is 5.11 Å². The molecular formula is C8H8ClN3O. The maximum atomic E-state index is 8.93. The van der Waals surface area contributed by atoms with Crippen molar-refractivity contribution < 1.29 is 5.11 Å². The predicted octanol–water partition coefficient (Wildman–Crippen LogP) is 1.11. The van der Waals surface area contributed by atoms with Gasteiger partial charge in [0.05, 0.1) is 23.2 Å². The molecule has 0 bridgehead atoms. The molecule has 2 aromatic rings. The molecule has 0 amide bonds. The lowest BCUT2D eigenvalue weighted by atomic mass is 10.2. The summed E-state index contributed by atoms with van der Waals surface area (Å²) < 4.78 is 1.64. The molecule has 2 aromatic heterocycles. The lowest BCUT2D eigenvalue weighted by Gasteiger charge is -2.00. The van der Waals surface area contributed by atoms with Crippen LogP contribution in [0.4, 0.5) is 0 Å². The van der Waals surface area contributed by atoms with Gasteiger partial charge in [0, 0.05) is 18.8 Å². The molecule has 0 saturated carbocycles. The molecule has 0 radical (unpaired) electrons. The molecule has 4 nitrogen and oxygen atoms in total. The Morgan fingerprint density at radius 1 is 1.54 bits per heavy atom. The quantitative estimate of drug-likeness (QED) is 0.745. The smallest absolute Gasteiger partial charge is 0.158 e. The van der Waals surface area contributed by atoms with E-state index in [1.165, 1.54) is 0 Å². The first-order chi connectivity index (χ1) is 6.24. The van der Waals surface area contributed by atoms with Crippen LogP contribution in [0.1, 0.15) is 5.56 Å². The zero-order valence-electron chi connectivity index (χ0n) is 7.03. The number of pyridine rings is 1. The molecule has 0 saturated heterocycles. The van der Waals surface area contributed by atoms with E-state index in [4.69, 9.17) is 16.7 Å².